The zero-order chi connectivity index (χ0) is 22.3. The van der Waals surface area contributed by atoms with Crippen molar-refractivity contribution < 1.29 is 28.6 Å². The third-order valence-corrected chi connectivity index (χ3v) is 4.52. The van der Waals surface area contributed by atoms with E-state index in [-0.39, 0.29) is 29.6 Å². The van der Waals surface area contributed by atoms with Gasteiger partial charge in [0.1, 0.15) is 0 Å². The van der Waals surface area contributed by atoms with Gasteiger partial charge in [-0.25, -0.2) is 9.59 Å². The van der Waals surface area contributed by atoms with Crippen LogP contribution in [0.3, 0.4) is 0 Å². The van der Waals surface area contributed by atoms with Crippen molar-refractivity contribution in [2.24, 2.45) is 5.73 Å². The number of ether oxygens (including phenoxy) is 3. The number of rotatable bonds is 10. The average Bonchev–Trinajstić information content (AvgIpc) is 2.67. The van der Waals surface area contributed by atoms with Gasteiger partial charge in [0.25, 0.3) is 5.91 Å². The van der Waals surface area contributed by atoms with E-state index in [9.17, 15) is 14.4 Å². The van der Waals surface area contributed by atoms with Crippen LogP contribution in [0.2, 0.25) is 5.02 Å². The van der Waals surface area contributed by atoms with Crippen LogP contribution in [0.25, 0.3) is 0 Å². The Labute approximate surface area is 179 Å². The third-order valence-electron chi connectivity index (χ3n) is 4.19. The molecule has 0 radical (unpaired) electrons. The number of hydrogen-bond acceptors (Lipinski definition) is 6. The van der Waals surface area contributed by atoms with E-state index < -0.39 is 23.9 Å². The highest BCUT2D eigenvalue weighted by molar-refractivity contribution is 6.31. The summed E-state index contributed by atoms with van der Waals surface area (Å²) in [5, 5.41) is 5.63. The Hall–Kier alpha value is -2.94. The molecule has 9 nitrogen and oxygen atoms in total. The molecule has 0 saturated carbocycles. The van der Waals surface area contributed by atoms with Gasteiger partial charge in [0.15, 0.2) is 18.1 Å². The van der Waals surface area contributed by atoms with Crippen LogP contribution in [-0.2, 0) is 14.3 Å². The number of allylic oxidation sites excluding steroid dienone is 1. The summed E-state index contributed by atoms with van der Waals surface area (Å²) in [7, 11) is 0. The lowest BCUT2D eigenvalue weighted by Gasteiger charge is -2.30. The van der Waals surface area contributed by atoms with Crippen molar-refractivity contribution in [2.75, 3.05) is 19.8 Å². The molecular formula is C20H26ClN3O6. The van der Waals surface area contributed by atoms with Crippen LogP contribution in [-0.4, -0.2) is 37.7 Å². The molecule has 164 valence electrons. The van der Waals surface area contributed by atoms with Gasteiger partial charge in [-0.15, -0.1) is 0 Å². The van der Waals surface area contributed by atoms with E-state index in [1.165, 1.54) is 6.07 Å². The number of nitrogens with two attached hydrogens (primary N) is 1. The van der Waals surface area contributed by atoms with Crippen LogP contribution < -0.4 is 25.8 Å². The number of esters is 1. The van der Waals surface area contributed by atoms with Crippen LogP contribution in [0.5, 0.6) is 11.5 Å². The first-order valence-electron chi connectivity index (χ1n) is 9.67. The normalized spacial score (nSPS) is 15.9. The number of primary amides is 1. The summed E-state index contributed by atoms with van der Waals surface area (Å²) in [5.41, 5.74) is 6.32. The molecule has 1 aliphatic rings. The summed E-state index contributed by atoms with van der Waals surface area (Å²) in [6.07, 6.45) is 1.19. The molecule has 0 spiro atoms. The van der Waals surface area contributed by atoms with Crippen LogP contribution in [0, 0.1) is 0 Å². The topological polar surface area (TPSA) is 129 Å². The Morgan fingerprint density at radius 3 is 2.43 bits per heavy atom. The molecule has 1 atom stereocenters. The Kier molecular flexibility index (Phi) is 8.35. The molecule has 30 heavy (non-hydrogen) atoms. The molecule has 0 saturated heterocycles. The first-order valence-corrected chi connectivity index (χ1v) is 10.0. The van der Waals surface area contributed by atoms with Gasteiger partial charge >= 0.3 is 12.0 Å². The molecular weight excluding hydrogens is 414 g/mol. The van der Waals surface area contributed by atoms with Crippen molar-refractivity contribution in [3.05, 3.63) is 34.0 Å². The number of carbonyl (C=O) groups is 3. The highest BCUT2D eigenvalue weighted by Crippen LogP contribution is 2.40. The molecule has 1 unspecified atom stereocenters. The maximum atomic E-state index is 12.7. The zero-order valence-corrected chi connectivity index (χ0v) is 17.9. The van der Waals surface area contributed by atoms with Gasteiger partial charge in [0.2, 0.25) is 0 Å². The molecule has 0 aromatic heterocycles. The minimum atomic E-state index is -0.851. The summed E-state index contributed by atoms with van der Waals surface area (Å²) in [5.74, 6) is -0.687. The molecule has 0 bridgehead atoms. The Morgan fingerprint density at radius 1 is 1.13 bits per heavy atom. The van der Waals surface area contributed by atoms with Gasteiger partial charge in [0.05, 0.1) is 29.9 Å². The van der Waals surface area contributed by atoms with Crippen LogP contribution in [0.1, 0.15) is 45.2 Å². The Balaban J connectivity index is 2.58. The summed E-state index contributed by atoms with van der Waals surface area (Å²) in [6, 6.07) is 1.72. The molecule has 0 aliphatic carbocycles. The van der Waals surface area contributed by atoms with Gasteiger partial charge in [-0.2, -0.15) is 0 Å². The first-order chi connectivity index (χ1) is 14.3. The minimum absolute atomic E-state index is 0.181. The fraction of sp³-hybridized carbons (Fsp3) is 0.450. The second-order valence-electron chi connectivity index (χ2n) is 6.40. The number of benzene rings is 1. The largest absolute Gasteiger partial charge is 0.490 e. The quantitative estimate of drug-likeness (QED) is 0.480. The highest BCUT2D eigenvalue weighted by Gasteiger charge is 2.35. The molecule has 2 rings (SSSR count). The average molecular weight is 440 g/mol. The lowest BCUT2D eigenvalue weighted by Crippen LogP contribution is -2.46. The molecule has 0 fully saturated rings. The monoisotopic (exact) mass is 439 g/mol. The Morgan fingerprint density at radius 2 is 1.83 bits per heavy atom. The van der Waals surface area contributed by atoms with Gasteiger partial charge < -0.3 is 30.6 Å². The van der Waals surface area contributed by atoms with E-state index in [1.54, 1.807) is 19.9 Å². The lowest BCUT2D eigenvalue weighted by atomic mass is 9.93. The summed E-state index contributed by atoms with van der Waals surface area (Å²) in [6.45, 7) is 5.56. The van der Waals surface area contributed by atoms with Crippen molar-refractivity contribution >= 4 is 29.5 Å². The minimum Gasteiger partial charge on any atom is -0.490 e. The second-order valence-corrected chi connectivity index (χ2v) is 6.81. The van der Waals surface area contributed by atoms with E-state index in [0.29, 0.717) is 36.5 Å². The molecule has 1 aromatic carbocycles. The molecule has 4 N–H and O–H groups in total. The zero-order valence-electron chi connectivity index (χ0n) is 17.2. The van der Waals surface area contributed by atoms with E-state index in [4.69, 9.17) is 31.5 Å². The van der Waals surface area contributed by atoms with Gasteiger partial charge in [-0.3, -0.25) is 4.79 Å². The highest BCUT2D eigenvalue weighted by atomic mass is 35.5. The number of carbonyl (C=O) groups excluding carboxylic acids is 3. The van der Waals surface area contributed by atoms with Gasteiger partial charge in [-0.1, -0.05) is 24.9 Å². The molecule has 10 heteroatoms. The molecule has 3 amide bonds. The van der Waals surface area contributed by atoms with Crippen molar-refractivity contribution in [1.82, 2.24) is 10.6 Å². The van der Waals surface area contributed by atoms with Crippen LogP contribution >= 0.6 is 11.6 Å². The number of amides is 3. The predicted molar refractivity (Wildman–Crippen MR) is 110 cm³/mol. The molecule has 1 aliphatic heterocycles. The summed E-state index contributed by atoms with van der Waals surface area (Å²) >= 11 is 6.47. The fourth-order valence-corrected chi connectivity index (χ4v) is 3.31. The smallest absolute Gasteiger partial charge is 0.338 e. The predicted octanol–water partition coefficient (Wildman–Crippen LogP) is 2.57. The van der Waals surface area contributed by atoms with Crippen molar-refractivity contribution in [3.8, 4) is 11.5 Å². The Bertz CT molecular complexity index is 855. The first kappa shape index (κ1) is 23.3. The maximum Gasteiger partial charge on any atom is 0.338 e. The standard InChI is InChI=1S/C20H26ClN3O6/c1-4-7-13-17(19(26)29-6-3)18(24-20(27)23-13)11-8-14(28-5-2)15(9-12(11)21)30-10-16(22)25/h8-9,18H,4-7,10H2,1-3H3,(H2,22,25)(H2,23,24,27). The van der Waals surface area contributed by atoms with Crippen LogP contribution in [0.4, 0.5) is 4.79 Å². The lowest BCUT2D eigenvalue weighted by molar-refractivity contribution is -0.139. The van der Waals surface area contributed by atoms with E-state index >= 15 is 0 Å². The molecule has 1 aromatic rings. The summed E-state index contributed by atoms with van der Waals surface area (Å²) < 4.78 is 16.2. The van der Waals surface area contributed by atoms with Crippen molar-refractivity contribution in [2.45, 2.75) is 39.7 Å². The summed E-state index contributed by atoms with van der Waals surface area (Å²) in [4.78, 5) is 36.0. The number of hydrogen-bond donors (Lipinski definition) is 3. The van der Waals surface area contributed by atoms with Gasteiger partial charge in [-0.05, 0) is 26.3 Å². The van der Waals surface area contributed by atoms with E-state index in [1.807, 2.05) is 6.92 Å². The van der Waals surface area contributed by atoms with Crippen molar-refractivity contribution in [3.63, 3.8) is 0 Å². The van der Waals surface area contributed by atoms with E-state index in [2.05, 4.69) is 10.6 Å². The number of nitrogens with one attached hydrogen (secondary N) is 2. The number of urea groups is 1. The second kappa shape index (κ2) is 10.7. The fourth-order valence-electron chi connectivity index (χ4n) is 3.05. The SMILES string of the molecule is CCCC1=C(C(=O)OCC)C(c2cc(OCC)c(OCC(N)=O)cc2Cl)NC(=O)N1. The molecule has 1 heterocycles. The third kappa shape index (κ3) is 5.56. The van der Waals surface area contributed by atoms with Crippen LogP contribution in [0.15, 0.2) is 23.4 Å². The van der Waals surface area contributed by atoms with E-state index in [0.717, 1.165) is 0 Å². The maximum absolute atomic E-state index is 12.7. The van der Waals surface area contributed by atoms with Crippen molar-refractivity contribution in [1.29, 1.82) is 0 Å². The number of halogens is 1. The van der Waals surface area contributed by atoms with Gasteiger partial charge in [0, 0.05) is 17.3 Å².